The van der Waals surface area contributed by atoms with E-state index in [1.165, 1.54) is 24.6 Å². The number of hydrogen-bond acceptors (Lipinski definition) is 2. The van der Waals surface area contributed by atoms with E-state index < -0.39 is 17.8 Å². The molecule has 1 aliphatic carbocycles. The number of nitrogens with two attached hydrogens (primary N) is 1. The molecule has 0 radical (unpaired) electrons. The fourth-order valence-corrected chi connectivity index (χ4v) is 3.32. The van der Waals surface area contributed by atoms with Crippen LogP contribution in [0.4, 0.5) is 4.39 Å². The summed E-state index contributed by atoms with van der Waals surface area (Å²) in [4.78, 5) is 12.5. The number of rotatable bonds is 4. The second kappa shape index (κ2) is 7.18. The molecule has 114 valence electrons. The third-order valence-electron chi connectivity index (χ3n) is 3.90. The topological polar surface area (TPSA) is 55.1 Å². The van der Waals surface area contributed by atoms with E-state index in [9.17, 15) is 9.18 Å². The van der Waals surface area contributed by atoms with Crippen molar-refractivity contribution in [3.8, 4) is 0 Å². The second-order valence-electron chi connectivity index (χ2n) is 5.35. The Morgan fingerprint density at radius 2 is 2.05 bits per heavy atom. The molecule has 1 aromatic rings. The summed E-state index contributed by atoms with van der Waals surface area (Å²) < 4.78 is 13.8. The molecule has 3 N–H and O–H groups in total. The number of halogens is 2. The van der Waals surface area contributed by atoms with Gasteiger partial charge < -0.3 is 11.1 Å². The molecular formula is C15H18ClFN2OS. The van der Waals surface area contributed by atoms with Crippen LogP contribution >= 0.6 is 23.8 Å². The molecular weight excluding hydrogens is 311 g/mol. The smallest absolute Gasteiger partial charge is 0.256 e. The molecule has 6 heteroatoms. The van der Waals surface area contributed by atoms with E-state index in [-0.39, 0.29) is 21.5 Å². The van der Waals surface area contributed by atoms with Gasteiger partial charge in [0.1, 0.15) is 5.82 Å². The predicted molar refractivity (Wildman–Crippen MR) is 86.0 cm³/mol. The highest BCUT2D eigenvalue weighted by Crippen LogP contribution is 2.27. The Morgan fingerprint density at radius 3 is 2.62 bits per heavy atom. The molecule has 1 aromatic carbocycles. The largest absolute Gasteiger partial charge is 0.392 e. The number of carbonyl (C=O) groups excluding carboxylic acids is 1. The van der Waals surface area contributed by atoms with Crippen LogP contribution in [0, 0.1) is 11.7 Å². The Hall–Kier alpha value is -1.20. The summed E-state index contributed by atoms with van der Waals surface area (Å²) in [6, 6.07) is 3.73. The van der Waals surface area contributed by atoms with Gasteiger partial charge in [-0.3, -0.25) is 4.79 Å². The summed E-state index contributed by atoms with van der Waals surface area (Å²) in [5, 5.41) is 2.84. The third-order valence-corrected chi connectivity index (χ3v) is 4.47. The van der Waals surface area contributed by atoms with Gasteiger partial charge in [-0.15, -0.1) is 0 Å². The van der Waals surface area contributed by atoms with E-state index in [2.05, 4.69) is 5.32 Å². The zero-order chi connectivity index (χ0) is 15.4. The maximum atomic E-state index is 13.8. The summed E-state index contributed by atoms with van der Waals surface area (Å²) in [5.41, 5.74) is 5.60. The number of carbonyl (C=O) groups is 1. The summed E-state index contributed by atoms with van der Waals surface area (Å²) in [5.74, 6) is -1.00. The molecule has 0 saturated heterocycles. The van der Waals surface area contributed by atoms with E-state index in [4.69, 9.17) is 29.6 Å². The molecule has 21 heavy (non-hydrogen) atoms. The first-order chi connectivity index (χ1) is 10.0. The van der Waals surface area contributed by atoms with Crippen LogP contribution in [0.25, 0.3) is 0 Å². The van der Waals surface area contributed by atoms with Crippen molar-refractivity contribution in [3.63, 3.8) is 0 Å². The zero-order valence-electron chi connectivity index (χ0n) is 11.6. The molecule has 3 nitrogen and oxygen atoms in total. The minimum atomic E-state index is -0.648. The molecule has 1 fully saturated rings. The van der Waals surface area contributed by atoms with Crippen molar-refractivity contribution in [1.82, 2.24) is 5.32 Å². The minimum Gasteiger partial charge on any atom is -0.392 e. The van der Waals surface area contributed by atoms with Crippen LogP contribution in [0.3, 0.4) is 0 Å². The number of amides is 1. The maximum Gasteiger partial charge on any atom is 0.256 e. The standard InChI is InChI=1S/C15H18ClFN2OS/c16-10-7-4-8-11(17)12(10)15(20)19-13(14(18)21)9-5-2-1-3-6-9/h4,7-9,13H,1-3,5-6H2,(H2,18,21)(H,19,20). The van der Waals surface area contributed by atoms with Crippen molar-refractivity contribution in [2.45, 2.75) is 38.1 Å². The van der Waals surface area contributed by atoms with Gasteiger partial charge in [-0.2, -0.15) is 0 Å². The number of thiocarbonyl (C=S) groups is 1. The fraction of sp³-hybridized carbons (Fsp3) is 0.467. The molecule has 1 aliphatic rings. The average molecular weight is 329 g/mol. The molecule has 0 bridgehead atoms. The first-order valence-corrected chi connectivity index (χ1v) is 7.83. The quantitative estimate of drug-likeness (QED) is 0.832. The molecule has 1 unspecified atom stereocenters. The Labute approximate surface area is 134 Å². The van der Waals surface area contributed by atoms with E-state index >= 15 is 0 Å². The normalized spacial score (nSPS) is 17.2. The average Bonchev–Trinajstić information content (AvgIpc) is 2.45. The molecule has 0 aliphatic heterocycles. The lowest BCUT2D eigenvalue weighted by Crippen LogP contribution is -2.49. The molecule has 0 aromatic heterocycles. The van der Waals surface area contributed by atoms with E-state index in [1.54, 1.807) is 0 Å². The lowest BCUT2D eigenvalue weighted by Gasteiger charge is -2.30. The van der Waals surface area contributed by atoms with Gasteiger partial charge in [-0.25, -0.2) is 4.39 Å². The van der Waals surface area contributed by atoms with Gasteiger partial charge >= 0.3 is 0 Å². The Bertz CT molecular complexity index is 526. The molecule has 1 saturated carbocycles. The molecule has 1 amide bonds. The molecule has 2 rings (SSSR count). The van der Waals surface area contributed by atoms with Crippen LogP contribution in [0.15, 0.2) is 18.2 Å². The second-order valence-corrected chi connectivity index (χ2v) is 6.23. The minimum absolute atomic E-state index is 0.0813. The van der Waals surface area contributed by atoms with Gasteiger partial charge in [0.15, 0.2) is 0 Å². The fourth-order valence-electron chi connectivity index (χ4n) is 2.82. The molecule has 0 heterocycles. The van der Waals surface area contributed by atoms with Gasteiger partial charge in [-0.05, 0) is 30.9 Å². The van der Waals surface area contributed by atoms with Crippen molar-refractivity contribution in [2.24, 2.45) is 11.7 Å². The van der Waals surface area contributed by atoms with Crippen molar-refractivity contribution in [1.29, 1.82) is 0 Å². The predicted octanol–water partition coefficient (Wildman–Crippen LogP) is 3.44. The summed E-state index contributed by atoms with van der Waals surface area (Å²) >= 11 is 11.0. The summed E-state index contributed by atoms with van der Waals surface area (Å²) in [7, 11) is 0. The van der Waals surface area contributed by atoms with Gasteiger partial charge in [0.2, 0.25) is 0 Å². The van der Waals surface area contributed by atoms with Crippen LogP contribution in [-0.2, 0) is 0 Å². The van der Waals surface area contributed by atoms with Gasteiger partial charge in [-0.1, -0.05) is 49.1 Å². The van der Waals surface area contributed by atoms with E-state index in [0.29, 0.717) is 0 Å². The highest BCUT2D eigenvalue weighted by molar-refractivity contribution is 7.80. The van der Waals surface area contributed by atoms with Crippen molar-refractivity contribution < 1.29 is 9.18 Å². The number of nitrogens with one attached hydrogen (secondary N) is 1. The Kier molecular flexibility index (Phi) is 5.53. The molecule has 0 spiro atoms. The summed E-state index contributed by atoms with van der Waals surface area (Å²) in [6.07, 6.45) is 5.31. The van der Waals surface area contributed by atoms with Crippen molar-refractivity contribution in [3.05, 3.63) is 34.6 Å². The van der Waals surface area contributed by atoms with Crippen molar-refractivity contribution in [2.75, 3.05) is 0 Å². The first kappa shape index (κ1) is 16.2. The van der Waals surface area contributed by atoms with Crippen molar-refractivity contribution >= 4 is 34.7 Å². The van der Waals surface area contributed by atoms with Crippen LogP contribution in [0.5, 0.6) is 0 Å². The highest BCUT2D eigenvalue weighted by Gasteiger charge is 2.28. The van der Waals surface area contributed by atoms with E-state index in [0.717, 1.165) is 25.7 Å². The Morgan fingerprint density at radius 1 is 1.38 bits per heavy atom. The summed E-state index contributed by atoms with van der Waals surface area (Å²) in [6.45, 7) is 0. The third kappa shape index (κ3) is 3.92. The lowest BCUT2D eigenvalue weighted by atomic mass is 9.83. The number of benzene rings is 1. The highest BCUT2D eigenvalue weighted by atomic mass is 35.5. The SMILES string of the molecule is NC(=S)C(NC(=O)c1c(F)cccc1Cl)C1CCCCC1. The van der Waals surface area contributed by atoms with Gasteiger partial charge in [0, 0.05) is 0 Å². The number of hydrogen-bond donors (Lipinski definition) is 2. The van der Waals surface area contributed by atoms with Crippen LogP contribution in [-0.4, -0.2) is 16.9 Å². The van der Waals surface area contributed by atoms with Crippen LogP contribution in [0.1, 0.15) is 42.5 Å². The first-order valence-electron chi connectivity index (χ1n) is 7.05. The van der Waals surface area contributed by atoms with Crippen LogP contribution < -0.4 is 11.1 Å². The van der Waals surface area contributed by atoms with E-state index in [1.807, 2.05) is 0 Å². The maximum absolute atomic E-state index is 13.8. The lowest BCUT2D eigenvalue weighted by molar-refractivity contribution is 0.0928. The zero-order valence-corrected chi connectivity index (χ0v) is 13.1. The van der Waals surface area contributed by atoms with Gasteiger partial charge in [0.25, 0.3) is 5.91 Å². The monoisotopic (exact) mass is 328 g/mol. The Balaban J connectivity index is 2.16. The van der Waals surface area contributed by atoms with Crippen LogP contribution in [0.2, 0.25) is 5.02 Å². The van der Waals surface area contributed by atoms with Gasteiger partial charge in [0.05, 0.1) is 21.6 Å². The molecule has 1 atom stereocenters.